The standard InChI is InChI=1S/C10H20O3/c1-4-6-7-9(12-3)10(11)13-8-5-2/h9H,4-8H2,1-3H3. The number of esters is 1. The topological polar surface area (TPSA) is 35.5 Å². The Bertz CT molecular complexity index is 134. The van der Waals surface area contributed by atoms with E-state index in [1.54, 1.807) is 7.11 Å². The zero-order chi connectivity index (χ0) is 10.1. The zero-order valence-corrected chi connectivity index (χ0v) is 8.84. The molecule has 0 aliphatic rings. The van der Waals surface area contributed by atoms with E-state index in [-0.39, 0.29) is 12.1 Å². The summed E-state index contributed by atoms with van der Waals surface area (Å²) in [5, 5.41) is 0. The van der Waals surface area contributed by atoms with E-state index in [1.165, 1.54) is 0 Å². The summed E-state index contributed by atoms with van der Waals surface area (Å²) in [4.78, 5) is 11.3. The second-order valence-electron chi connectivity index (χ2n) is 3.03. The van der Waals surface area contributed by atoms with Crippen LogP contribution >= 0.6 is 0 Å². The first-order chi connectivity index (χ1) is 6.26. The molecule has 0 aromatic rings. The summed E-state index contributed by atoms with van der Waals surface area (Å²) in [6.45, 7) is 4.55. The number of unbranched alkanes of at least 4 members (excludes halogenated alkanes) is 1. The van der Waals surface area contributed by atoms with Crippen LogP contribution in [0, 0.1) is 0 Å². The van der Waals surface area contributed by atoms with Crippen molar-refractivity contribution in [3.05, 3.63) is 0 Å². The minimum Gasteiger partial charge on any atom is -0.464 e. The van der Waals surface area contributed by atoms with Crippen LogP contribution in [0.2, 0.25) is 0 Å². The van der Waals surface area contributed by atoms with E-state index >= 15 is 0 Å². The highest BCUT2D eigenvalue weighted by atomic mass is 16.6. The van der Waals surface area contributed by atoms with Crippen LogP contribution in [0.4, 0.5) is 0 Å². The molecule has 0 spiro atoms. The third-order valence-corrected chi connectivity index (χ3v) is 1.82. The third-order valence-electron chi connectivity index (χ3n) is 1.82. The van der Waals surface area contributed by atoms with Crippen LogP contribution < -0.4 is 0 Å². The van der Waals surface area contributed by atoms with Gasteiger partial charge < -0.3 is 9.47 Å². The lowest BCUT2D eigenvalue weighted by atomic mass is 10.1. The van der Waals surface area contributed by atoms with Crippen LogP contribution in [0.15, 0.2) is 0 Å². The lowest BCUT2D eigenvalue weighted by Gasteiger charge is -2.13. The molecular weight excluding hydrogens is 168 g/mol. The Hall–Kier alpha value is -0.570. The smallest absolute Gasteiger partial charge is 0.335 e. The molecule has 0 amide bonds. The van der Waals surface area contributed by atoms with E-state index in [9.17, 15) is 4.79 Å². The van der Waals surface area contributed by atoms with Gasteiger partial charge in [-0.3, -0.25) is 0 Å². The number of hydrogen-bond donors (Lipinski definition) is 0. The second kappa shape index (κ2) is 8.05. The summed E-state index contributed by atoms with van der Waals surface area (Å²) in [5.74, 6) is -0.224. The first-order valence-electron chi connectivity index (χ1n) is 4.95. The number of carbonyl (C=O) groups is 1. The molecule has 1 atom stereocenters. The fourth-order valence-electron chi connectivity index (χ4n) is 1.02. The van der Waals surface area contributed by atoms with Gasteiger partial charge in [-0.15, -0.1) is 0 Å². The average molecular weight is 188 g/mol. The van der Waals surface area contributed by atoms with Crippen molar-refractivity contribution in [3.63, 3.8) is 0 Å². The fourth-order valence-corrected chi connectivity index (χ4v) is 1.02. The summed E-state index contributed by atoms with van der Waals surface area (Å²) in [6.07, 6.45) is 3.32. The Morgan fingerprint density at radius 1 is 1.31 bits per heavy atom. The van der Waals surface area contributed by atoms with Gasteiger partial charge in [0.05, 0.1) is 6.61 Å². The monoisotopic (exact) mass is 188 g/mol. The number of ether oxygens (including phenoxy) is 2. The van der Waals surface area contributed by atoms with Gasteiger partial charge in [-0.1, -0.05) is 26.7 Å². The molecule has 3 heteroatoms. The van der Waals surface area contributed by atoms with Crippen molar-refractivity contribution in [2.24, 2.45) is 0 Å². The quantitative estimate of drug-likeness (QED) is 0.574. The normalized spacial score (nSPS) is 12.5. The summed E-state index contributed by atoms with van der Waals surface area (Å²) >= 11 is 0. The molecule has 0 bridgehead atoms. The molecule has 0 saturated heterocycles. The van der Waals surface area contributed by atoms with Crippen LogP contribution in [0.5, 0.6) is 0 Å². The van der Waals surface area contributed by atoms with Crippen molar-refractivity contribution >= 4 is 5.97 Å². The Labute approximate surface area is 80.4 Å². The highest BCUT2D eigenvalue weighted by Crippen LogP contribution is 2.05. The predicted molar refractivity (Wildman–Crippen MR) is 51.6 cm³/mol. The molecular formula is C10H20O3. The minimum absolute atomic E-state index is 0.224. The lowest BCUT2D eigenvalue weighted by molar-refractivity contribution is -0.155. The third kappa shape index (κ3) is 5.64. The Balaban J connectivity index is 3.71. The summed E-state index contributed by atoms with van der Waals surface area (Å²) in [5.41, 5.74) is 0. The van der Waals surface area contributed by atoms with E-state index in [0.717, 1.165) is 25.7 Å². The molecule has 78 valence electrons. The SMILES string of the molecule is CCCCC(OC)C(=O)OCCC. The summed E-state index contributed by atoms with van der Waals surface area (Å²) in [6, 6.07) is 0. The molecule has 0 rings (SSSR count). The lowest BCUT2D eigenvalue weighted by Crippen LogP contribution is -2.25. The van der Waals surface area contributed by atoms with Crippen molar-refractivity contribution in [2.45, 2.75) is 45.6 Å². The molecule has 1 unspecified atom stereocenters. The molecule has 0 aliphatic heterocycles. The molecule has 0 fully saturated rings. The van der Waals surface area contributed by atoms with E-state index in [2.05, 4.69) is 6.92 Å². The van der Waals surface area contributed by atoms with E-state index in [0.29, 0.717) is 6.61 Å². The van der Waals surface area contributed by atoms with Crippen LogP contribution in [-0.4, -0.2) is 25.8 Å². The van der Waals surface area contributed by atoms with E-state index in [1.807, 2.05) is 6.92 Å². The van der Waals surface area contributed by atoms with Crippen LogP contribution in [0.3, 0.4) is 0 Å². The van der Waals surface area contributed by atoms with E-state index in [4.69, 9.17) is 9.47 Å². The summed E-state index contributed by atoms with van der Waals surface area (Å²) in [7, 11) is 1.55. The molecule has 0 radical (unpaired) electrons. The van der Waals surface area contributed by atoms with Gasteiger partial charge in [-0.25, -0.2) is 4.79 Å². The molecule has 3 nitrogen and oxygen atoms in total. The Kier molecular flexibility index (Phi) is 7.69. The van der Waals surface area contributed by atoms with Crippen molar-refractivity contribution in [2.75, 3.05) is 13.7 Å². The molecule has 0 heterocycles. The van der Waals surface area contributed by atoms with Gasteiger partial charge in [-0.2, -0.15) is 0 Å². The zero-order valence-electron chi connectivity index (χ0n) is 8.84. The van der Waals surface area contributed by atoms with Gasteiger partial charge in [0.15, 0.2) is 6.10 Å². The van der Waals surface area contributed by atoms with Crippen molar-refractivity contribution in [1.82, 2.24) is 0 Å². The van der Waals surface area contributed by atoms with Crippen LogP contribution in [0.1, 0.15) is 39.5 Å². The van der Waals surface area contributed by atoms with E-state index < -0.39 is 0 Å². The van der Waals surface area contributed by atoms with Gasteiger partial charge >= 0.3 is 5.97 Å². The highest BCUT2D eigenvalue weighted by molar-refractivity contribution is 5.74. The van der Waals surface area contributed by atoms with Crippen molar-refractivity contribution in [3.8, 4) is 0 Å². The molecule has 0 aromatic heterocycles. The van der Waals surface area contributed by atoms with Crippen molar-refractivity contribution < 1.29 is 14.3 Å². The maximum Gasteiger partial charge on any atom is 0.335 e. The Morgan fingerprint density at radius 2 is 2.00 bits per heavy atom. The first-order valence-corrected chi connectivity index (χ1v) is 4.95. The van der Waals surface area contributed by atoms with Crippen LogP contribution in [-0.2, 0) is 14.3 Å². The number of hydrogen-bond acceptors (Lipinski definition) is 3. The maximum atomic E-state index is 11.3. The molecule has 13 heavy (non-hydrogen) atoms. The Morgan fingerprint density at radius 3 is 2.46 bits per heavy atom. The number of rotatable bonds is 7. The molecule has 0 saturated carbocycles. The second-order valence-corrected chi connectivity index (χ2v) is 3.03. The van der Waals surface area contributed by atoms with Crippen LogP contribution in [0.25, 0.3) is 0 Å². The van der Waals surface area contributed by atoms with Crippen molar-refractivity contribution in [1.29, 1.82) is 0 Å². The molecule has 0 aromatic carbocycles. The summed E-state index contributed by atoms with van der Waals surface area (Å²) < 4.78 is 10.0. The molecule has 0 aliphatic carbocycles. The average Bonchev–Trinajstić information content (AvgIpc) is 2.16. The highest BCUT2D eigenvalue weighted by Gasteiger charge is 2.17. The van der Waals surface area contributed by atoms with Gasteiger partial charge in [0.2, 0.25) is 0 Å². The fraction of sp³-hybridized carbons (Fsp3) is 0.900. The van der Waals surface area contributed by atoms with Gasteiger partial charge in [-0.05, 0) is 12.8 Å². The van der Waals surface area contributed by atoms with Gasteiger partial charge in [0, 0.05) is 7.11 Å². The largest absolute Gasteiger partial charge is 0.464 e. The van der Waals surface area contributed by atoms with Gasteiger partial charge in [0.25, 0.3) is 0 Å². The first kappa shape index (κ1) is 12.4. The number of carbonyl (C=O) groups excluding carboxylic acids is 1. The predicted octanol–water partition coefficient (Wildman–Crippen LogP) is 2.14. The maximum absolute atomic E-state index is 11.3. The minimum atomic E-state index is -0.369. The molecule has 0 N–H and O–H groups in total. The van der Waals surface area contributed by atoms with Gasteiger partial charge in [0.1, 0.15) is 0 Å². The number of methoxy groups -OCH3 is 1.